The summed E-state index contributed by atoms with van der Waals surface area (Å²) in [7, 11) is 3.52. The predicted molar refractivity (Wildman–Crippen MR) is 65.2 cm³/mol. The lowest BCUT2D eigenvalue weighted by atomic mass is 9.92. The largest absolute Gasteiger partial charge is 0.450 e. The van der Waals surface area contributed by atoms with E-state index < -0.39 is 6.09 Å². The Bertz CT molecular complexity index is 468. The number of aromatic nitrogens is 1. The molecule has 1 aromatic rings. The highest BCUT2D eigenvalue weighted by Crippen LogP contribution is 2.05. The van der Waals surface area contributed by atoms with Crippen molar-refractivity contribution in [2.45, 2.75) is 13.8 Å². The molecule has 1 heterocycles. The Balaban J connectivity index is 3.13. The quantitative estimate of drug-likeness (QED) is 0.687. The second-order valence-corrected chi connectivity index (χ2v) is 3.57. The molecule has 1 N–H and O–H groups in total. The van der Waals surface area contributed by atoms with Crippen LogP contribution in [0, 0.1) is 6.92 Å². The first-order valence-electron chi connectivity index (χ1n) is 5.08. The molecule has 0 unspecified atom stereocenters. The molecule has 0 aliphatic heterocycles. The summed E-state index contributed by atoms with van der Waals surface area (Å²) in [5.74, 6) is 0. The fourth-order valence-electron chi connectivity index (χ4n) is 1.40. The lowest BCUT2D eigenvalue weighted by Crippen LogP contribution is -2.30. The molecule has 16 heavy (non-hydrogen) atoms. The summed E-state index contributed by atoms with van der Waals surface area (Å²) in [5.41, 5.74) is 1.74. The molecule has 0 atom stereocenters. The van der Waals surface area contributed by atoms with Crippen molar-refractivity contribution in [1.82, 2.24) is 4.57 Å². The van der Waals surface area contributed by atoms with Crippen molar-refractivity contribution in [3.63, 3.8) is 0 Å². The number of hydrogen-bond donors (Lipinski definition) is 1. The molecular formula is C10H15BN2O3. The Morgan fingerprint density at radius 2 is 2.25 bits per heavy atom. The van der Waals surface area contributed by atoms with Crippen LogP contribution < -0.4 is 16.3 Å². The minimum absolute atomic E-state index is 0.240. The lowest BCUT2D eigenvalue weighted by Gasteiger charge is -2.11. The molecule has 0 aliphatic carbocycles. The van der Waals surface area contributed by atoms with E-state index in [0.29, 0.717) is 0 Å². The maximum atomic E-state index is 11.8. The third-order valence-corrected chi connectivity index (χ3v) is 2.39. The third kappa shape index (κ3) is 2.45. The van der Waals surface area contributed by atoms with Gasteiger partial charge in [0.2, 0.25) is 0 Å². The van der Waals surface area contributed by atoms with E-state index in [2.05, 4.69) is 5.32 Å². The van der Waals surface area contributed by atoms with E-state index in [9.17, 15) is 9.59 Å². The van der Waals surface area contributed by atoms with Gasteiger partial charge in [0.1, 0.15) is 13.5 Å². The molecule has 1 aromatic heterocycles. The highest BCUT2D eigenvalue weighted by atomic mass is 16.5. The average molecular weight is 222 g/mol. The van der Waals surface area contributed by atoms with E-state index in [1.54, 1.807) is 27.1 Å². The van der Waals surface area contributed by atoms with Crippen LogP contribution in [0.5, 0.6) is 0 Å². The van der Waals surface area contributed by atoms with E-state index in [1.165, 1.54) is 4.57 Å². The van der Waals surface area contributed by atoms with Gasteiger partial charge in [-0.1, -0.05) is 5.46 Å². The SMILES string of the molecule is Bc1cn(C)c(=O)c(NC(=O)OCC)c1C. The van der Waals surface area contributed by atoms with E-state index in [0.717, 1.165) is 11.0 Å². The van der Waals surface area contributed by atoms with Crippen molar-refractivity contribution in [3.05, 3.63) is 22.1 Å². The monoisotopic (exact) mass is 222 g/mol. The minimum atomic E-state index is -0.603. The van der Waals surface area contributed by atoms with Gasteiger partial charge in [-0.05, 0) is 19.4 Å². The number of aryl methyl sites for hydroxylation is 1. The first kappa shape index (κ1) is 12.4. The maximum Gasteiger partial charge on any atom is 0.411 e. The van der Waals surface area contributed by atoms with Gasteiger partial charge in [0, 0.05) is 13.2 Å². The maximum absolute atomic E-state index is 11.8. The van der Waals surface area contributed by atoms with Crippen LogP contribution in [-0.2, 0) is 11.8 Å². The molecular weight excluding hydrogens is 207 g/mol. The topological polar surface area (TPSA) is 60.3 Å². The van der Waals surface area contributed by atoms with Crippen LogP contribution >= 0.6 is 0 Å². The molecule has 86 valence electrons. The summed E-state index contributed by atoms with van der Waals surface area (Å²) in [4.78, 5) is 23.0. The number of rotatable bonds is 2. The van der Waals surface area contributed by atoms with Crippen LogP contribution in [0.15, 0.2) is 11.0 Å². The van der Waals surface area contributed by atoms with Crippen LogP contribution in [0.1, 0.15) is 12.5 Å². The van der Waals surface area contributed by atoms with Crippen LogP contribution in [0.25, 0.3) is 0 Å². The molecule has 0 saturated heterocycles. The standard InChI is InChI=1S/C10H15BN2O3/c1-4-16-10(15)12-8-6(2)7(11)5-13(3)9(8)14/h5H,4,11H2,1-3H3,(H,12,15). The summed E-state index contributed by atoms with van der Waals surface area (Å²) in [6.45, 7) is 3.77. The molecule has 1 rings (SSSR count). The highest BCUT2D eigenvalue weighted by molar-refractivity contribution is 6.33. The van der Waals surface area contributed by atoms with Crippen molar-refractivity contribution < 1.29 is 9.53 Å². The van der Waals surface area contributed by atoms with Crippen molar-refractivity contribution in [1.29, 1.82) is 0 Å². The van der Waals surface area contributed by atoms with Crippen LogP contribution in [-0.4, -0.2) is 25.1 Å². The summed E-state index contributed by atoms with van der Waals surface area (Å²) in [5, 5.41) is 2.47. The Labute approximate surface area is 94.8 Å². The smallest absolute Gasteiger partial charge is 0.411 e. The van der Waals surface area contributed by atoms with Gasteiger partial charge in [0.15, 0.2) is 0 Å². The van der Waals surface area contributed by atoms with Gasteiger partial charge in [-0.25, -0.2) is 4.79 Å². The normalized spacial score (nSPS) is 9.94. The molecule has 0 aromatic carbocycles. The van der Waals surface area contributed by atoms with Gasteiger partial charge in [-0.3, -0.25) is 10.1 Å². The number of nitrogens with one attached hydrogen (secondary N) is 1. The Hall–Kier alpha value is -1.72. The van der Waals surface area contributed by atoms with Crippen molar-refractivity contribution in [2.24, 2.45) is 7.05 Å². The summed E-state index contributed by atoms with van der Waals surface area (Å²) >= 11 is 0. The van der Waals surface area contributed by atoms with Crippen LogP contribution in [0.3, 0.4) is 0 Å². The van der Waals surface area contributed by atoms with Gasteiger partial charge in [-0.15, -0.1) is 0 Å². The minimum Gasteiger partial charge on any atom is -0.450 e. The summed E-state index contributed by atoms with van der Waals surface area (Å²) in [6, 6.07) is 0. The van der Waals surface area contributed by atoms with Crippen molar-refractivity contribution in [2.75, 3.05) is 11.9 Å². The predicted octanol–water partition coefficient (Wildman–Crippen LogP) is -0.479. The molecule has 0 saturated carbocycles. The first-order chi connectivity index (χ1) is 7.47. The van der Waals surface area contributed by atoms with Crippen LogP contribution in [0.4, 0.5) is 10.5 Å². The number of nitrogens with zero attached hydrogens (tertiary/aromatic N) is 1. The van der Waals surface area contributed by atoms with Crippen LogP contribution in [0.2, 0.25) is 0 Å². The fourth-order valence-corrected chi connectivity index (χ4v) is 1.40. The van der Waals surface area contributed by atoms with E-state index in [-0.39, 0.29) is 17.9 Å². The number of carbonyl (C=O) groups is 1. The van der Waals surface area contributed by atoms with Crippen molar-refractivity contribution in [3.8, 4) is 0 Å². The zero-order valence-electron chi connectivity index (χ0n) is 9.96. The zero-order valence-corrected chi connectivity index (χ0v) is 9.96. The lowest BCUT2D eigenvalue weighted by molar-refractivity contribution is 0.168. The molecule has 1 amide bonds. The van der Waals surface area contributed by atoms with E-state index in [4.69, 9.17) is 4.74 Å². The second kappa shape index (κ2) is 4.87. The number of anilines is 1. The van der Waals surface area contributed by atoms with Gasteiger partial charge in [-0.2, -0.15) is 0 Å². The Morgan fingerprint density at radius 3 is 2.81 bits per heavy atom. The molecule has 0 aliphatic rings. The average Bonchev–Trinajstić information content (AvgIpc) is 2.22. The highest BCUT2D eigenvalue weighted by Gasteiger charge is 2.11. The van der Waals surface area contributed by atoms with E-state index in [1.807, 2.05) is 7.85 Å². The summed E-state index contributed by atoms with van der Waals surface area (Å²) in [6.07, 6.45) is 1.13. The number of ether oxygens (including phenoxy) is 1. The molecule has 6 heteroatoms. The molecule has 5 nitrogen and oxygen atoms in total. The number of carbonyl (C=O) groups excluding carboxylic acids is 1. The Morgan fingerprint density at radius 1 is 1.62 bits per heavy atom. The van der Waals surface area contributed by atoms with Gasteiger partial charge >= 0.3 is 6.09 Å². The first-order valence-corrected chi connectivity index (χ1v) is 5.08. The van der Waals surface area contributed by atoms with Gasteiger partial charge in [0.05, 0.1) is 6.61 Å². The van der Waals surface area contributed by atoms with E-state index >= 15 is 0 Å². The Kier molecular flexibility index (Phi) is 3.76. The molecule has 0 spiro atoms. The van der Waals surface area contributed by atoms with Gasteiger partial charge < -0.3 is 9.30 Å². The summed E-state index contributed by atoms with van der Waals surface area (Å²) < 4.78 is 6.17. The number of hydrogen-bond acceptors (Lipinski definition) is 3. The molecule has 0 fully saturated rings. The fraction of sp³-hybridized carbons (Fsp3) is 0.400. The van der Waals surface area contributed by atoms with Gasteiger partial charge in [0.25, 0.3) is 5.56 Å². The third-order valence-electron chi connectivity index (χ3n) is 2.39. The molecule has 0 bridgehead atoms. The van der Waals surface area contributed by atoms with Crippen molar-refractivity contribution >= 4 is 25.1 Å². The molecule has 0 radical (unpaired) electrons. The zero-order chi connectivity index (χ0) is 12.3. The number of amides is 1. The number of pyridine rings is 1. The second-order valence-electron chi connectivity index (χ2n) is 3.57.